The van der Waals surface area contributed by atoms with E-state index in [2.05, 4.69) is 12.2 Å². The molecule has 2 aromatic carbocycles. The average Bonchev–Trinajstić information content (AvgIpc) is 3.04. The molecule has 0 bridgehead atoms. The fraction of sp³-hybridized carbons (Fsp3) is 0.300. The van der Waals surface area contributed by atoms with Gasteiger partial charge in [0.25, 0.3) is 0 Å². The van der Waals surface area contributed by atoms with Crippen LogP contribution in [0.25, 0.3) is 0 Å². The van der Waals surface area contributed by atoms with Crippen LogP contribution in [-0.4, -0.2) is 24.9 Å². The van der Waals surface area contributed by atoms with E-state index in [1.54, 1.807) is 23.1 Å². The van der Waals surface area contributed by atoms with Crippen LogP contribution in [0.5, 0.6) is 0 Å². The summed E-state index contributed by atoms with van der Waals surface area (Å²) in [6, 6.07) is 15.2. The molecule has 2 aromatic rings. The van der Waals surface area contributed by atoms with Gasteiger partial charge in [-0.15, -0.1) is 0 Å². The summed E-state index contributed by atoms with van der Waals surface area (Å²) in [4.78, 5) is 26.4. The van der Waals surface area contributed by atoms with Gasteiger partial charge in [0.1, 0.15) is 0 Å². The Morgan fingerprint density at radius 2 is 1.92 bits per heavy atom. The van der Waals surface area contributed by atoms with Crippen molar-refractivity contribution in [2.75, 3.05) is 18.0 Å². The van der Waals surface area contributed by atoms with E-state index >= 15 is 0 Å². The Kier molecular flexibility index (Phi) is 5.84. The summed E-state index contributed by atoms with van der Waals surface area (Å²) < 4.78 is 0. The van der Waals surface area contributed by atoms with Crippen LogP contribution in [0, 0.1) is 5.92 Å². The van der Waals surface area contributed by atoms with Crippen molar-refractivity contribution in [1.82, 2.24) is 5.32 Å². The molecular formula is C20H20Cl2N2O2. The fourth-order valence-corrected chi connectivity index (χ4v) is 3.51. The molecule has 1 aliphatic heterocycles. The molecule has 1 aliphatic rings. The van der Waals surface area contributed by atoms with Crippen LogP contribution < -0.4 is 10.2 Å². The lowest BCUT2D eigenvalue weighted by molar-refractivity contribution is -0.126. The number of amides is 2. The van der Waals surface area contributed by atoms with E-state index < -0.39 is 0 Å². The maximum Gasteiger partial charge on any atom is 0.227 e. The second-order valence-corrected chi connectivity index (χ2v) is 7.32. The van der Waals surface area contributed by atoms with E-state index in [1.807, 2.05) is 30.3 Å². The number of hydrogen-bond donors (Lipinski definition) is 1. The first-order chi connectivity index (χ1) is 12.5. The monoisotopic (exact) mass is 390 g/mol. The zero-order valence-corrected chi connectivity index (χ0v) is 15.9. The maximum atomic E-state index is 12.5. The van der Waals surface area contributed by atoms with Gasteiger partial charge in [-0.2, -0.15) is 0 Å². The van der Waals surface area contributed by atoms with Crippen LogP contribution in [0.4, 0.5) is 5.69 Å². The van der Waals surface area contributed by atoms with E-state index in [0.717, 1.165) is 0 Å². The minimum Gasteiger partial charge on any atom is -0.355 e. The van der Waals surface area contributed by atoms with Gasteiger partial charge in [0.2, 0.25) is 11.8 Å². The summed E-state index contributed by atoms with van der Waals surface area (Å²) in [6.45, 7) is 2.91. The number of anilines is 1. The molecule has 1 N–H and O–H groups in total. The molecule has 26 heavy (non-hydrogen) atoms. The summed E-state index contributed by atoms with van der Waals surface area (Å²) in [5.41, 5.74) is 1.72. The minimum atomic E-state index is -0.388. The first-order valence-electron chi connectivity index (χ1n) is 8.54. The van der Waals surface area contributed by atoms with Gasteiger partial charge in [-0.1, -0.05) is 66.5 Å². The van der Waals surface area contributed by atoms with Gasteiger partial charge in [-0.25, -0.2) is 0 Å². The molecule has 1 heterocycles. The van der Waals surface area contributed by atoms with Crippen molar-refractivity contribution >= 4 is 40.7 Å². The van der Waals surface area contributed by atoms with Crippen molar-refractivity contribution in [1.29, 1.82) is 0 Å². The molecule has 0 aliphatic carbocycles. The molecule has 2 atom stereocenters. The second kappa shape index (κ2) is 8.11. The molecule has 0 radical (unpaired) electrons. The highest BCUT2D eigenvalue weighted by molar-refractivity contribution is 6.44. The molecular weight excluding hydrogens is 371 g/mol. The summed E-state index contributed by atoms with van der Waals surface area (Å²) in [5.74, 6) is -0.413. The van der Waals surface area contributed by atoms with Crippen LogP contribution in [0.2, 0.25) is 10.0 Å². The number of halogens is 2. The molecule has 0 unspecified atom stereocenters. The number of carbonyl (C=O) groups excluding carboxylic acids is 2. The Hall–Kier alpha value is -2.04. The first kappa shape index (κ1) is 18.7. The molecule has 0 spiro atoms. The number of carbonyl (C=O) groups is 2. The third-order valence-corrected chi connectivity index (χ3v) is 5.48. The smallest absolute Gasteiger partial charge is 0.227 e. The van der Waals surface area contributed by atoms with Crippen molar-refractivity contribution in [3.63, 3.8) is 0 Å². The molecule has 6 heteroatoms. The molecule has 0 aromatic heterocycles. The summed E-state index contributed by atoms with van der Waals surface area (Å²) in [5, 5.41) is 3.69. The van der Waals surface area contributed by atoms with Crippen LogP contribution in [0.3, 0.4) is 0 Å². The Balaban J connectivity index is 1.61. The standard InChI is InChI=1S/C20H20Cl2N2O2/c1-13(14-6-3-2-4-7-14)11-23-20(26)15-10-18(25)24(12-15)17-9-5-8-16(21)19(17)22/h2-9,13,15H,10-12H2,1H3,(H,23,26)/t13-,15-/m0/s1. The summed E-state index contributed by atoms with van der Waals surface area (Å²) >= 11 is 12.2. The Labute approximate surface area is 163 Å². The third-order valence-electron chi connectivity index (χ3n) is 4.67. The van der Waals surface area contributed by atoms with E-state index in [0.29, 0.717) is 28.8 Å². The molecule has 1 saturated heterocycles. The highest BCUT2D eigenvalue weighted by Crippen LogP contribution is 2.35. The fourth-order valence-electron chi connectivity index (χ4n) is 3.11. The first-order valence-corrected chi connectivity index (χ1v) is 9.30. The van der Waals surface area contributed by atoms with Crippen LogP contribution >= 0.6 is 23.2 Å². The summed E-state index contributed by atoms with van der Waals surface area (Å²) in [6.07, 6.45) is 0.175. The molecule has 136 valence electrons. The van der Waals surface area contributed by atoms with Gasteiger partial charge in [-0.3, -0.25) is 9.59 Å². The predicted octanol–water partition coefficient (Wildman–Crippen LogP) is 4.27. The van der Waals surface area contributed by atoms with E-state index in [1.165, 1.54) is 5.56 Å². The van der Waals surface area contributed by atoms with E-state index in [4.69, 9.17) is 23.2 Å². The van der Waals surface area contributed by atoms with Gasteiger partial charge in [0.15, 0.2) is 0 Å². The Morgan fingerprint density at radius 1 is 1.19 bits per heavy atom. The van der Waals surface area contributed by atoms with Crippen molar-refractivity contribution in [3.05, 3.63) is 64.1 Å². The normalized spacial score (nSPS) is 18.0. The second-order valence-electron chi connectivity index (χ2n) is 6.54. The average molecular weight is 391 g/mol. The lowest BCUT2D eigenvalue weighted by atomic mass is 10.0. The van der Waals surface area contributed by atoms with Crippen molar-refractivity contribution in [2.24, 2.45) is 5.92 Å². The van der Waals surface area contributed by atoms with Crippen LogP contribution in [-0.2, 0) is 9.59 Å². The minimum absolute atomic E-state index is 0.109. The number of hydrogen-bond acceptors (Lipinski definition) is 2. The molecule has 2 amide bonds. The lowest BCUT2D eigenvalue weighted by Crippen LogP contribution is -2.35. The summed E-state index contributed by atoms with van der Waals surface area (Å²) in [7, 11) is 0. The van der Waals surface area contributed by atoms with Gasteiger partial charge < -0.3 is 10.2 Å². The molecule has 4 nitrogen and oxygen atoms in total. The number of nitrogens with zero attached hydrogens (tertiary/aromatic N) is 1. The quantitative estimate of drug-likeness (QED) is 0.828. The predicted molar refractivity (Wildman–Crippen MR) is 105 cm³/mol. The molecule has 1 fully saturated rings. The van der Waals surface area contributed by atoms with Gasteiger partial charge in [0, 0.05) is 19.5 Å². The maximum absolute atomic E-state index is 12.5. The number of rotatable bonds is 5. The number of nitrogens with one attached hydrogen (secondary N) is 1. The lowest BCUT2D eigenvalue weighted by Gasteiger charge is -2.19. The zero-order chi connectivity index (χ0) is 18.7. The SMILES string of the molecule is C[C@@H](CNC(=O)[C@H]1CC(=O)N(c2cccc(Cl)c2Cl)C1)c1ccccc1. The van der Waals surface area contributed by atoms with E-state index in [9.17, 15) is 9.59 Å². The molecule has 0 saturated carbocycles. The van der Waals surface area contributed by atoms with Crippen LogP contribution in [0.15, 0.2) is 48.5 Å². The Morgan fingerprint density at radius 3 is 2.65 bits per heavy atom. The van der Waals surface area contributed by atoms with Crippen LogP contribution in [0.1, 0.15) is 24.8 Å². The largest absolute Gasteiger partial charge is 0.355 e. The highest BCUT2D eigenvalue weighted by Gasteiger charge is 2.36. The molecule has 3 rings (SSSR count). The highest BCUT2D eigenvalue weighted by atomic mass is 35.5. The van der Waals surface area contributed by atoms with Crippen molar-refractivity contribution in [2.45, 2.75) is 19.3 Å². The van der Waals surface area contributed by atoms with Gasteiger partial charge in [-0.05, 0) is 23.6 Å². The zero-order valence-electron chi connectivity index (χ0n) is 14.4. The third kappa shape index (κ3) is 4.02. The van der Waals surface area contributed by atoms with E-state index in [-0.39, 0.29) is 30.1 Å². The Bertz CT molecular complexity index is 811. The van der Waals surface area contributed by atoms with Crippen molar-refractivity contribution < 1.29 is 9.59 Å². The topological polar surface area (TPSA) is 49.4 Å². The van der Waals surface area contributed by atoms with Gasteiger partial charge >= 0.3 is 0 Å². The van der Waals surface area contributed by atoms with Crippen molar-refractivity contribution in [3.8, 4) is 0 Å². The van der Waals surface area contributed by atoms with Gasteiger partial charge in [0.05, 0.1) is 21.7 Å². The number of benzene rings is 2.